The molecule has 0 radical (unpaired) electrons. The third-order valence-electron chi connectivity index (χ3n) is 1.66. The molecule has 0 bridgehead atoms. The predicted molar refractivity (Wildman–Crippen MR) is 47.2 cm³/mol. The van der Waals surface area contributed by atoms with Crippen LogP contribution in [0.15, 0.2) is 16.7 Å². The Morgan fingerprint density at radius 3 is 3.33 bits per heavy atom. The maximum atomic E-state index is 8.39. The van der Waals surface area contributed by atoms with Gasteiger partial charge in [-0.15, -0.1) is 11.3 Å². The van der Waals surface area contributed by atoms with Gasteiger partial charge in [0.15, 0.2) is 4.96 Å². The second-order valence-electron chi connectivity index (χ2n) is 2.38. The summed E-state index contributed by atoms with van der Waals surface area (Å²) in [5.41, 5.74) is 1.70. The van der Waals surface area contributed by atoms with Crippen LogP contribution in [0.5, 0.6) is 0 Å². The first-order valence-electron chi connectivity index (χ1n) is 3.42. The molecule has 2 heterocycles. The molecule has 0 atom stereocenters. The van der Waals surface area contributed by atoms with Crippen LogP contribution in [0.2, 0.25) is 0 Å². The van der Waals surface area contributed by atoms with Crippen molar-refractivity contribution >= 4 is 22.5 Å². The molecule has 0 aromatic carbocycles. The van der Waals surface area contributed by atoms with Gasteiger partial charge < -0.3 is 5.21 Å². The van der Waals surface area contributed by atoms with E-state index in [1.807, 2.05) is 22.9 Å². The van der Waals surface area contributed by atoms with E-state index in [-0.39, 0.29) is 0 Å². The molecule has 5 heteroatoms. The number of nitrogens with zero attached hydrogens (tertiary/aromatic N) is 3. The van der Waals surface area contributed by atoms with Crippen LogP contribution in [-0.4, -0.2) is 20.8 Å². The standard InChI is InChI=1S/C7H7N3OS/c1-5-6(4-8-11)10-2-3-12-7(10)9-5/h2-4,11H,1H3/b8-4+. The molecule has 0 saturated carbocycles. The maximum Gasteiger partial charge on any atom is 0.194 e. The normalized spacial score (nSPS) is 11.8. The summed E-state index contributed by atoms with van der Waals surface area (Å²) in [5.74, 6) is 0. The molecular weight excluding hydrogens is 174 g/mol. The van der Waals surface area contributed by atoms with Gasteiger partial charge in [-0.1, -0.05) is 5.16 Å². The average molecular weight is 181 g/mol. The van der Waals surface area contributed by atoms with Crippen molar-refractivity contribution in [3.63, 3.8) is 0 Å². The van der Waals surface area contributed by atoms with E-state index in [1.165, 1.54) is 6.21 Å². The van der Waals surface area contributed by atoms with Crippen LogP contribution in [0.4, 0.5) is 0 Å². The topological polar surface area (TPSA) is 49.9 Å². The summed E-state index contributed by atoms with van der Waals surface area (Å²) >= 11 is 1.56. The molecule has 1 N–H and O–H groups in total. The molecule has 62 valence electrons. The van der Waals surface area contributed by atoms with Gasteiger partial charge in [0.1, 0.15) is 0 Å². The maximum absolute atomic E-state index is 8.39. The van der Waals surface area contributed by atoms with Crippen LogP contribution in [-0.2, 0) is 0 Å². The molecule has 2 rings (SSSR count). The number of thiazole rings is 1. The van der Waals surface area contributed by atoms with E-state index >= 15 is 0 Å². The zero-order valence-electron chi connectivity index (χ0n) is 6.43. The second kappa shape index (κ2) is 2.60. The highest BCUT2D eigenvalue weighted by Crippen LogP contribution is 2.14. The molecular formula is C7H7N3OS. The lowest BCUT2D eigenvalue weighted by atomic mass is 10.4. The first-order chi connectivity index (χ1) is 5.83. The highest BCUT2D eigenvalue weighted by Gasteiger charge is 2.06. The average Bonchev–Trinajstić information content (AvgIpc) is 2.56. The Bertz CT molecular complexity index is 429. The number of aromatic nitrogens is 2. The monoisotopic (exact) mass is 181 g/mol. The molecule has 2 aromatic heterocycles. The van der Waals surface area contributed by atoms with Gasteiger partial charge in [0.25, 0.3) is 0 Å². The van der Waals surface area contributed by atoms with Crippen molar-refractivity contribution in [3.8, 4) is 0 Å². The second-order valence-corrected chi connectivity index (χ2v) is 3.26. The van der Waals surface area contributed by atoms with Crippen molar-refractivity contribution in [2.45, 2.75) is 6.92 Å². The zero-order chi connectivity index (χ0) is 8.55. The summed E-state index contributed by atoms with van der Waals surface area (Å²) < 4.78 is 1.89. The van der Waals surface area contributed by atoms with Gasteiger partial charge in [-0.3, -0.25) is 4.40 Å². The first kappa shape index (κ1) is 7.30. The Hall–Kier alpha value is -1.36. The van der Waals surface area contributed by atoms with Crippen molar-refractivity contribution in [2.24, 2.45) is 5.16 Å². The first-order valence-corrected chi connectivity index (χ1v) is 4.30. The molecule has 0 fully saturated rings. The summed E-state index contributed by atoms with van der Waals surface area (Å²) in [4.78, 5) is 5.19. The summed E-state index contributed by atoms with van der Waals surface area (Å²) in [6, 6.07) is 0. The van der Waals surface area contributed by atoms with E-state index in [4.69, 9.17) is 5.21 Å². The van der Waals surface area contributed by atoms with Gasteiger partial charge in [0.05, 0.1) is 17.6 Å². The predicted octanol–water partition coefficient (Wildman–Crippen LogP) is 1.51. The van der Waals surface area contributed by atoms with Crippen molar-refractivity contribution in [3.05, 3.63) is 23.0 Å². The number of hydrogen-bond acceptors (Lipinski definition) is 4. The van der Waals surface area contributed by atoms with Crippen molar-refractivity contribution in [2.75, 3.05) is 0 Å². The third kappa shape index (κ3) is 0.902. The van der Waals surface area contributed by atoms with Gasteiger partial charge >= 0.3 is 0 Å². The van der Waals surface area contributed by atoms with Gasteiger partial charge in [0, 0.05) is 11.6 Å². The molecule has 2 aromatic rings. The van der Waals surface area contributed by atoms with E-state index < -0.39 is 0 Å². The largest absolute Gasteiger partial charge is 0.411 e. The van der Waals surface area contributed by atoms with Crippen LogP contribution in [0, 0.1) is 6.92 Å². The molecule has 0 spiro atoms. The van der Waals surface area contributed by atoms with E-state index in [0.29, 0.717) is 0 Å². The Balaban J connectivity index is 2.75. The van der Waals surface area contributed by atoms with Gasteiger partial charge in [-0.25, -0.2) is 4.98 Å². The smallest absolute Gasteiger partial charge is 0.194 e. The fraction of sp³-hybridized carbons (Fsp3) is 0.143. The van der Waals surface area contributed by atoms with Crippen LogP contribution >= 0.6 is 11.3 Å². The van der Waals surface area contributed by atoms with Crippen LogP contribution < -0.4 is 0 Å². The highest BCUT2D eigenvalue weighted by atomic mass is 32.1. The number of aryl methyl sites for hydroxylation is 1. The van der Waals surface area contributed by atoms with Gasteiger partial charge in [-0.05, 0) is 6.92 Å². The van der Waals surface area contributed by atoms with Crippen LogP contribution in [0.1, 0.15) is 11.4 Å². The Kier molecular flexibility index (Phi) is 1.58. The zero-order valence-corrected chi connectivity index (χ0v) is 7.25. The Labute approximate surface area is 72.8 Å². The molecule has 4 nitrogen and oxygen atoms in total. The number of rotatable bonds is 1. The van der Waals surface area contributed by atoms with Crippen molar-refractivity contribution < 1.29 is 5.21 Å². The van der Waals surface area contributed by atoms with Crippen molar-refractivity contribution in [1.29, 1.82) is 0 Å². The summed E-state index contributed by atoms with van der Waals surface area (Å²) in [6.45, 7) is 1.89. The van der Waals surface area contributed by atoms with E-state index in [1.54, 1.807) is 11.3 Å². The third-order valence-corrected chi connectivity index (χ3v) is 2.42. The number of oxime groups is 1. The summed E-state index contributed by atoms with van der Waals surface area (Å²) in [6.07, 6.45) is 3.29. The summed E-state index contributed by atoms with van der Waals surface area (Å²) in [5, 5.41) is 13.3. The number of fused-ring (bicyclic) bond motifs is 1. The minimum Gasteiger partial charge on any atom is -0.411 e. The minimum absolute atomic E-state index is 0.828. The molecule has 0 amide bonds. The van der Waals surface area contributed by atoms with E-state index in [0.717, 1.165) is 16.3 Å². The molecule has 0 saturated heterocycles. The Morgan fingerprint density at radius 2 is 2.58 bits per heavy atom. The summed E-state index contributed by atoms with van der Waals surface area (Å²) in [7, 11) is 0. The fourth-order valence-corrected chi connectivity index (χ4v) is 1.89. The molecule has 0 aliphatic rings. The number of imidazole rings is 1. The quantitative estimate of drug-likeness (QED) is 0.412. The van der Waals surface area contributed by atoms with Crippen molar-refractivity contribution in [1.82, 2.24) is 9.38 Å². The van der Waals surface area contributed by atoms with E-state index in [9.17, 15) is 0 Å². The number of hydrogen-bond donors (Lipinski definition) is 1. The van der Waals surface area contributed by atoms with Gasteiger partial charge in [-0.2, -0.15) is 0 Å². The SMILES string of the molecule is Cc1nc2sccn2c1/C=N/O. The lowest BCUT2D eigenvalue weighted by Crippen LogP contribution is -1.89. The van der Waals surface area contributed by atoms with E-state index in [2.05, 4.69) is 10.1 Å². The fourth-order valence-electron chi connectivity index (χ4n) is 1.12. The minimum atomic E-state index is 0.828. The molecule has 0 aliphatic carbocycles. The molecule has 0 aliphatic heterocycles. The molecule has 0 unspecified atom stereocenters. The highest BCUT2D eigenvalue weighted by molar-refractivity contribution is 7.15. The Morgan fingerprint density at radius 1 is 1.75 bits per heavy atom. The van der Waals surface area contributed by atoms with Crippen LogP contribution in [0.3, 0.4) is 0 Å². The lowest BCUT2D eigenvalue weighted by molar-refractivity contribution is 0.321. The molecule has 12 heavy (non-hydrogen) atoms. The van der Waals surface area contributed by atoms with Gasteiger partial charge in [0.2, 0.25) is 0 Å². The van der Waals surface area contributed by atoms with Crippen LogP contribution in [0.25, 0.3) is 4.96 Å². The lowest BCUT2D eigenvalue weighted by Gasteiger charge is -1.88.